The molecule has 1 fully saturated rings. The van der Waals surface area contributed by atoms with Gasteiger partial charge in [0.1, 0.15) is 0 Å². The lowest BCUT2D eigenvalue weighted by atomic mass is 9.90. The van der Waals surface area contributed by atoms with Gasteiger partial charge in [0.25, 0.3) is 0 Å². The fraction of sp³-hybridized carbons (Fsp3) is 0.647. The van der Waals surface area contributed by atoms with Crippen LogP contribution >= 0.6 is 0 Å². The maximum absolute atomic E-state index is 12.1. The summed E-state index contributed by atoms with van der Waals surface area (Å²) in [6.45, 7) is 6.44. The van der Waals surface area contributed by atoms with Crippen molar-refractivity contribution < 1.29 is 9.53 Å². The van der Waals surface area contributed by atoms with Gasteiger partial charge in [-0.15, -0.1) is 0 Å². The smallest absolute Gasteiger partial charge is 0.308 e. The average molecular weight is 290 g/mol. The van der Waals surface area contributed by atoms with Gasteiger partial charge in [0, 0.05) is 6.20 Å². The first-order valence-electron chi connectivity index (χ1n) is 7.99. The first kappa shape index (κ1) is 16.0. The molecule has 4 heteroatoms. The number of likely N-dealkylation sites (tertiary alicyclic amines) is 1. The van der Waals surface area contributed by atoms with E-state index in [1.807, 2.05) is 25.1 Å². The lowest BCUT2D eigenvalue weighted by Crippen LogP contribution is -2.46. The predicted octanol–water partition coefficient (Wildman–Crippen LogP) is 3.13. The zero-order valence-electron chi connectivity index (χ0n) is 13.2. The van der Waals surface area contributed by atoms with Crippen LogP contribution in [0.15, 0.2) is 24.4 Å². The van der Waals surface area contributed by atoms with E-state index < -0.39 is 0 Å². The molecule has 0 radical (unpaired) electrons. The fourth-order valence-corrected chi connectivity index (χ4v) is 3.10. The molecule has 1 aliphatic heterocycles. The number of aromatic nitrogens is 1. The van der Waals surface area contributed by atoms with E-state index in [4.69, 9.17) is 4.74 Å². The molecule has 1 aromatic heterocycles. The number of carbonyl (C=O) groups is 1. The van der Waals surface area contributed by atoms with Crippen molar-refractivity contribution in [2.24, 2.45) is 0 Å². The van der Waals surface area contributed by atoms with Gasteiger partial charge >= 0.3 is 5.97 Å². The molecule has 0 bridgehead atoms. The molecule has 116 valence electrons. The number of pyridine rings is 1. The van der Waals surface area contributed by atoms with Crippen molar-refractivity contribution in [1.29, 1.82) is 0 Å². The van der Waals surface area contributed by atoms with Gasteiger partial charge in [-0.2, -0.15) is 0 Å². The van der Waals surface area contributed by atoms with Crippen molar-refractivity contribution in [2.45, 2.75) is 51.5 Å². The van der Waals surface area contributed by atoms with Gasteiger partial charge in [0.05, 0.1) is 24.3 Å². The molecule has 1 atom stereocenters. The molecule has 1 saturated heterocycles. The first-order chi connectivity index (χ1) is 10.2. The van der Waals surface area contributed by atoms with Gasteiger partial charge in [-0.05, 0) is 51.9 Å². The summed E-state index contributed by atoms with van der Waals surface area (Å²) in [6.07, 6.45) is 7.08. The zero-order chi connectivity index (χ0) is 15.1. The van der Waals surface area contributed by atoms with Crippen LogP contribution in [0.4, 0.5) is 0 Å². The summed E-state index contributed by atoms with van der Waals surface area (Å²) in [6, 6.07) is 5.92. The molecule has 1 unspecified atom stereocenters. The molecule has 1 aromatic rings. The molecule has 1 aliphatic rings. The van der Waals surface area contributed by atoms with Crippen molar-refractivity contribution in [1.82, 2.24) is 9.88 Å². The largest absolute Gasteiger partial charge is 0.466 e. The number of esters is 1. The SMILES string of the molecule is CCOC(=O)CC(C)(c1ccccn1)N1CCCCCC1. The second kappa shape index (κ2) is 7.55. The van der Waals surface area contributed by atoms with Crippen molar-refractivity contribution in [3.05, 3.63) is 30.1 Å². The Kier molecular flexibility index (Phi) is 5.74. The van der Waals surface area contributed by atoms with Crippen LogP contribution in [0.2, 0.25) is 0 Å². The van der Waals surface area contributed by atoms with Crippen LogP contribution < -0.4 is 0 Å². The van der Waals surface area contributed by atoms with E-state index in [1.54, 1.807) is 6.20 Å². The average Bonchev–Trinajstić information content (AvgIpc) is 2.78. The Morgan fingerprint density at radius 1 is 1.29 bits per heavy atom. The molecule has 4 nitrogen and oxygen atoms in total. The summed E-state index contributed by atoms with van der Waals surface area (Å²) in [7, 11) is 0. The van der Waals surface area contributed by atoms with Gasteiger partial charge in [0.15, 0.2) is 0 Å². The third-order valence-electron chi connectivity index (χ3n) is 4.31. The van der Waals surface area contributed by atoms with Crippen LogP contribution in [0, 0.1) is 0 Å². The highest BCUT2D eigenvalue weighted by Crippen LogP contribution is 2.33. The molecule has 2 rings (SSSR count). The monoisotopic (exact) mass is 290 g/mol. The van der Waals surface area contributed by atoms with E-state index in [2.05, 4.69) is 16.8 Å². The summed E-state index contributed by atoms with van der Waals surface area (Å²) in [4.78, 5) is 19.0. The number of hydrogen-bond acceptors (Lipinski definition) is 4. The molecule has 21 heavy (non-hydrogen) atoms. The van der Waals surface area contributed by atoms with Crippen molar-refractivity contribution in [3.63, 3.8) is 0 Å². The maximum atomic E-state index is 12.1. The number of ether oxygens (including phenoxy) is 1. The van der Waals surface area contributed by atoms with Crippen LogP contribution in [-0.2, 0) is 15.1 Å². The second-order valence-electron chi connectivity index (χ2n) is 5.87. The molecule has 0 saturated carbocycles. The molecule has 0 aliphatic carbocycles. The third kappa shape index (κ3) is 4.03. The van der Waals surface area contributed by atoms with Crippen molar-refractivity contribution in [2.75, 3.05) is 19.7 Å². The van der Waals surface area contributed by atoms with Gasteiger partial charge in [-0.25, -0.2) is 0 Å². The van der Waals surface area contributed by atoms with Crippen LogP contribution in [0.5, 0.6) is 0 Å². The maximum Gasteiger partial charge on any atom is 0.308 e. The second-order valence-corrected chi connectivity index (χ2v) is 5.87. The number of rotatable bonds is 5. The summed E-state index contributed by atoms with van der Waals surface area (Å²) in [5.41, 5.74) is 0.581. The Hall–Kier alpha value is -1.42. The van der Waals surface area contributed by atoms with Gasteiger partial charge < -0.3 is 4.74 Å². The molecule has 0 amide bonds. The zero-order valence-corrected chi connectivity index (χ0v) is 13.2. The van der Waals surface area contributed by atoms with Gasteiger partial charge in [-0.3, -0.25) is 14.7 Å². The fourth-order valence-electron chi connectivity index (χ4n) is 3.10. The number of nitrogens with zero attached hydrogens (tertiary/aromatic N) is 2. The number of hydrogen-bond donors (Lipinski definition) is 0. The highest BCUT2D eigenvalue weighted by atomic mass is 16.5. The highest BCUT2D eigenvalue weighted by Gasteiger charge is 2.37. The Morgan fingerprint density at radius 3 is 2.57 bits per heavy atom. The van der Waals surface area contributed by atoms with E-state index in [9.17, 15) is 4.79 Å². The molecular weight excluding hydrogens is 264 g/mol. The van der Waals surface area contributed by atoms with Crippen molar-refractivity contribution >= 4 is 5.97 Å². The van der Waals surface area contributed by atoms with Crippen LogP contribution in [0.3, 0.4) is 0 Å². The Bertz CT molecular complexity index is 441. The quantitative estimate of drug-likeness (QED) is 0.781. The van der Waals surface area contributed by atoms with Gasteiger partial charge in [-0.1, -0.05) is 18.9 Å². The molecule has 0 aromatic carbocycles. The minimum absolute atomic E-state index is 0.144. The van der Waals surface area contributed by atoms with Crippen LogP contribution in [0.1, 0.15) is 51.6 Å². The van der Waals surface area contributed by atoms with E-state index >= 15 is 0 Å². The predicted molar refractivity (Wildman–Crippen MR) is 82.9 cm³/mol. The Balaban J connectivity index is 2.26. The molecule has 0 N–H and O–H groups in total. The van der Waals surface area contributed by atoms with E-state index in [0.717, 1.165) is 18.8 Å². The molecule has 0 spiro atoms. The summed E-state index contributed by atoms with van der Waals surface area (Å²) < 4.78 is 5.19. The Labute approximate surface area is 127 Å². The van der Waals surface area contributed by atoms with Crippen LogP contribution in [-0.4, -0.2) is 35.5 Å². The van der Waals surface area contributed by atoms with Gasteiger partial charge in [0.2, 0.25) is 0 Å². The third-order valence-corrected chi connectivity index (χ3v) is 4.31. The molecular formula is C17H26N2O2. The van der Waals surface area contributed by atoms with E-state index in [-0.39, 0.29) is 11.5 Å². The van der Waals surface area contributed by atoms with E-state index in [0.29, 0.717) is 13.0 Å². The minimum atomic E-state index is -0.377. The highest BCUT2D eigenvalue weighted by molar-refractivity contribution is 5.71. The van der Waals surface area contributed by atoms with Crippen molar-refractivity contribution in [3.8, 4) is 0 Å². The van der Waals surface area contributed by atoms with E-state index in [1.165, 1.54) is 25.7 Å². The Morgan fingerprint density at radius 2 is 2.00 bits per heavy atom. The minimum Gasteiger partial charge on any atom is -0.466 e. The number of carbonyl (C=O) groups excluding carboxylic acids is 1. The summed E-state index contributed by atoms with van der Waals surface area (Å²) >= 11 is 0. The topological polar surface area (TPSA) is 42.4 Å². The summed E-state index contributed by atoms with van der Waals surface area (Å²) in [5, 5.41) is 0. The standard InChI is InChI=1S/C17H26N2O2/c1-3-21-16(20)14-17(2,15-10-6-7-11-18-15)19-12-8-4-5-9-13-19/h6-7,10-11H,3-5,8-9,12-14H2,1-2H3. The van der Waals surface area contributed by atoms with Crippen LogP contribution in [0.25, 0.3) is 0 Å². The lowest BCUT2D eigenvalue weighted by molar-refractivity contribution is -0.146. The summed E-state index contributed by atoms with van der Waals surface area (Å²) in [5.74, 6) is -0.144. The molecule has 2 heterocycles. The first-order valence-corrected chi connectivity index (χ1v) is 7.99. The normalized spacial score (nSPS) is 19.5. The lowest BCUT2D eigenvalue weighted by Gasteiger charge is -2.40.